The smallest absolute Gasteiger partial charge is 0.258 e. The van der Waals surface area contributed by atoms with Crippen LogP contribution in [0.15, 0.2) is 82.6 Å². The summed E-state index contributed by atoms with van der Waals surface area (Å²) in [5.74, 6) is -1.49. The van der Waals surface area contributed by atoms with Gasteiger partial charge < -0.3 is 0 Å². The zero-order chi connectivity index (χ0) is 19.0. The molecule has 4 rings (SSSR count). The Bertz CT molecular complexity index is 938. The number of benzene rings is 2. The number of amides is 4. The molecular weight excluding hydrogens is 364 g/mol. The Labute approximate surface area is 158 Å². The van der Waals surface area contributed by atoms with Crippen molar-refractivity contribution in [1.29, 1.82) is 0 Å². The Hall–Kier alpha value is -3.45. The van der Waals surface area contributed by atoms with Gasteiger partial charge in [0, 0.05) is 34.1 Å². The summed E-state index contributed by atoms with van der Waals surface area (Å²) >= 11 is 1.40. The van der Waals surface area contributed by atoms with Crippen LogP contribution in [-0.2, 0) is 19.2 Å². The minimum Gasteiger partial charge on any atom is -0.269 e. The molecule has 0 unspecified atom stereocenters. The summed E-state index contributed by atoms with van der Waals surface area (Å²) in [4.78, 5) is 51.2. The molecule has 0 atom stereocenters. The van der Waals surface area contributed by atoms with Gasteiger partial charge >= 0.3 is 0 Å². The Balaban J connectivity index is 1.58. The summed E-state index contributed by atoms with van der Waals surface area (Å²) in [5.41, 5.74) is 0.982. The molecule has 0 spiro atoms. The second-order valence-electron chi connectivity index (χ2n) is 5.79. The quantitative estimate of drug-likeness (QED) is 0.767. The highest BCUT2D eigenvalue weighted by Gasteiger charge is 2.26. The molecule has 132 valence electrons. The van der Waals surface area contributed by atoms with Crippen molar-refractivity contribution < 1.29 is 19.2 Å². The van der Waals surface area contributed by atoms with E-state index in [4.69, 9.17) is 0 Å². The van der Waals surface area contributed by atoms with Gasteiger partial charge in [0.15, 0.2) is 0 Å². The van der Waals surface area contributed by atoms with Gasteiger partial charge in [-0.15, -0.1) is 0 Å². The number of anilines is 2. The summed E-state index contributed by atoms with van der Waals surface area (Å²) in [7, 11) is 0. The molecule has 4 amide bonds. The summed E-state index contributed by atoms with van der Waals surface area (Å²) in [6, 6.07) is 14.1. The molecule has 6 nitrogen and oxygen atoms in total. The molecule has 2 aromatic rings. The van der Waals surface area contributed by atoms with Gasteiger partial charge in [0.1, 0.15) is 0 Å². The molecule has 2 aliphatic rings. The number of hydrogen-bond acceptors (Lipinski definition) is 5. The van der Waals surface area contributed by atoms with Gasteiger partial charge in [0.25, 0.3) is 23.6 Å². The Morgan fingerprint density at radius 2 is 0.926 bits per heavy atom. The lowest BCUT2D eigenvalue weighted by Crippen LogP contribution is -2.29. The van der Waals surface area contributed by atoms with Crippen LogP contribution in [0.5, 0.6) is 0 Å². The zero-order valence-electron chi connectivity index (χ0n) is 13.9. The Morgan fingerprint density at radius 1 is 0.556 bits per heavy atom. The fourth-order valence-corrected chi connectivity index (χ4v) is 3.74. The third-order valence-electron chi connectivity index (χ3n) is 4.01. The summed E-state index contributed by atoms with van der Waals surface area (Å²) in [5, 5.41) is 0. The lowest BCUT2D eigenvalue weighted by Gasteiger charge is -2.16. The van der Waals surface area contributed by atoms with Crippen LogP contribution in [0.2, 0.25) is 0 Å². The van der Waals surface area contributed by atoms with Crippen LogP contribution in [0.1, 0.15) is 0 Å². The third-order valence-corrected chi connectivity index (χ3v) is 4.99. The van der Waals surface area contributed by atoms with Gasteiger partial charge in [-0.1, -0.05) is 23.9 Å². The van der Waals surface area contributed by atoms with Crippen molar-refractivity contribution >= 4 is 46.8 Å². The van der Waals surface area contributed by atoms with Crippen LogP contribution >= 0.6 is 11.8 Å². The van der Waals surface area contributed by atoms with Crippen molar-refractivity contribution in [3.8, 4) is 0 Å². The summed E-state index contributed by atoms with van der Waals surface area (Å²) in [6.07, 6.45) is 4.96. The molecule has 7 heteroatoms. The minimum absolute atomic E-state index is 0.372. The van der Waals surface area contributed by atoms with Gasteiger partial charge in [-0.05, 0) is 36.4 Å². The molecule has 0 aliphatic carbocycles. The van der Waals surface area contributed by atoms with Crippen LogP contribution in [0.25, 0.3) is 0 Å². The minimum atomic E-state index is -0.372. The highest BCUT2D eigenvalue weighted by Crippen LogP contribution is 2.33. The average molecular weight is 376 g/mol. The first-order valence-corrected chi connectivity index (χ1v) is 8.85. The second-order valence-corrected chi connectivity index (χ2v) is 6.93. The van der Waals surface area contributed by atoms with E-state index in [0.29, 0.717) is 11.4 Å². The van der Waals surface area contributed by atoms with E-state index in [1.807, 2.05) is 12.1 Å². The van der Waals surface area contributed by atoms with Crippen LogP contribution in [0.4, 0.5) is 11.4 Å². The molecule has 0 fully saturated rings. The summed E-state index contributed by atoms with van der Waals surface area (Å²) in [6.45, 7) is 0. The van der Waals surface area contributed by atoms with Crippen molar-refractivity contribution in [3.63, 3.8) is 0 Å². The normalized spacial score (nSPS) is 16.1. The maximum atomic E-state index is 11.8. The first-order valence-electron chi connectivity index (χ1n) is 8.03. The molecule has 0 N–H and O–H groups in total. The standard InChI is InChI=1S/C20H12N2O4S/c23-17-7-8-18(24)21(17)13-3-1-5-15(11-13)27-16-6-2-4-14(12-16)22-19(25)9-10-20(22)26/h1-12H. The lowest BCUT2D eigenvalue weighted by molar-refractivity contribution is -0.121. The molecule has 0 radical (unpaired) electrons. The first-order chi connectivity index (χ1) is 13.0. The van der Waals surface area contributed by atoms with Crippen molar-refractivity contribution in [2.45, 2.75) is 9.79 Å². The van der Waals surface area contributed by atoms with E-state index in [1.165, 1.54) is 36.1 Å². The fraction of sp³-hybridized carbons (Fsp3) is 0. The maximum absolute atomic E-state index is 11.8. The molecule has 2 aliphatic heterocycles. The molecule has 2 aromatic carbocycles. The second kappa shape index (κ2) is 6.69. The van der Waals surface area contributed by atoms with E-state index in [-0.39, 0.29) is 23.6 Å². The number of carbonyl (C=O) groups is 4. The molecular formula is C20H12N2O4S. The third kappa shape index (κ3) is 3.20. The maximum Gasteiger partial charge on any atom is 0.258 e. The van der Waals surface area contributed by atoms with E-state index in [2.05, 4.69) is 0 Å². The van der Waals surface area contributed by atoms with E-state index < -0.39 is 0 Å². The average Bonchev–Trinajstić information content (AvgIpc) is 3.16. The van der Waals surface area contributed by atoms with E-state index in [9.17, 15) is 19.2 Å². The molecule has 0 aromatic heterocycles. The first kappa shape index (κ1) is 17.0. The number of hydrogen-bond donors (Lipinski definition) is 0. The predicted octanol–water partition coefficient (Wildman–Crippen LogP) is 2.70. The van der Waals surface area contributed by atoms with E-state index in [0.717, 1.165) is 19.6 Å². The van der Waals surface area contributed by atoms with Crippen LogP contribution < -0.4 is 9.80 Å². The predicted molar refractivity (Wildman–Crippen MR) is 100 cm³/mol. The molecule has 27 heavy (non-hydrogen) atoms. The van der Waals surface area contributed by atoms with Crippen LogP contribution in [0.3, 0.4) is 0 Å². The van der Waals surface area contributed by atoms with E-state index >= 15 is 0 Å². The van der Waals surface area contributed by atoms with Crippen molar-refractivity contribution in [2.24, 2.45) is 0 Å². The number of rotatable bonds is 4. The van der Waals surface area contributed by atoms with E-state index in [1.54, 1.807) is 36.4 Å². The van der Waals surface area contributed by atoms with Gasteiger partial charge in [0.2, 0.25) is 0 Å². The highest BCUT2D eigenvalue weighted by molar-refractivity contribution is 7.99. The monoisotopic (exact) mass is 376 g/mol. The van der Waals surface area contributed by atoms with Gasteiger partial charge in [0.05, 0.1) is 11.4 Å². The van der Waals surface area contributed by atoms with Crippen molar-refractivity contribution in [3.05, 3.63) is 72.8 Å². The molecule has 0 saturated carbocycles. The molecule has 0 bridgehead atoms. The topological polar surface area (TPSA) is 74.8 Å². The number of nitrogens with zero attached hydrogens (tertiary/aromatic N) is 2. The largest absolute Gasteiger partial charge is 0.269 e. The fourth-order valence-electron chi connectivity index (χ4n) is 2.82. The van der Waals surface area contributed by atoms with Crippen molar-refractivity contribution in [2.75, 3.05) is 9.80 Å². The molecule has 2 heterocycles. The molecule has 0 saturated heterocycles. The highest BCUT2D eigenvalue weighted by atomic mass is 32.2. The number of carbonyl (C=O) groups excluding carboxylic acids is 4. The van der Waals surface area contributed by atoms with Crippen LogP contribution in [0, 0.1) is 0 Å². The lowest BCUT2D eigenvalue weighted by atomic mass is 10.3. The van der Waals surface area contributed by atoms with Gasteiger partial charge in [-0.2, -0.15) is 0 Å². The zero-order valence-corrected chi connectivity index (χ0v) is 14.7. The Morgan fingerprint density at radius 3 is 1.30 bits per heavy atom. The number of imide groups is 2. The summed E-state index contributed by atoms with van der Waals surface area (Å²) < 4.78 is 0. The Kier molecular flexibility index (Phi) is 4.21. The van der Waals surface area contributed by atoms with Gasteiger partial charge in [-0.3, -0.25) is 19.2 Å². The van der Waals surface area contributed by atoms with Crippen LogP contribution in [-0.4, -0.2) is 23.6 Å². The SMILES string of the molecule is O=C1C=CC(=O)N1c1cccc(Sc2cccc(N3C(=O)C=CC3=O)c2)c1. The van der Waals surface area contributed by atoms with Crippen molar-refractivity contribution in [1.82, 2.24) is 0 Å². The van der Waals surface area contributed by atoms with Gasteiger partial charge in [-0.25, -0.2) is 9.80 Å².